The first-order valence-corrected chi connectivity index (χ1v) is 4.51. The fourth-order valence-electron chi connectivity index (χ4n) is 1.36. The second-order valence-corrected chi connectivity index (χ2v) is 3.02. The molecule has 0 unspecified atom stereocenters. The van der Waals surface area contributed by atoms with Crippen LogP contribution in [0.3, 0.4) is 0 Å². The molecule has 0 saturated heterocycles. The van der Waals surface area contributed by atoms with Crippen LogP contribution >= 0.6 is 0 Å². The zero-order valence-electron chi connectivity index (χ0n) is 8.28. The van der Waals surface area contributed by atoms with Crippen LogP contribution in [0.4, 0.5) is 5.82 Å². The van der Waals surface area contributed by atoms with Gasteiger partial charge in [-0.2, -0.15) is 0 Å². The highest BCUT2D eigenvalue weighted by atomic mass is 15.3. The molecule has 0 atom stereocenters. The largest absolute Gasteiger partial charge is 0.372 e. The van der Waals surface area contributed by atoms with Gasteiger partial charge in [0.15, 0.2) is 5.65 Å². The van der Waals surface area contributed by atoms with E-state index < -0.39 is 0 Å². The third-order valence-electron chi connectivity index (χ3n) is 2.05. The Hall–Kier alpha value is -1.62. The summed E-state index contributed by atoms with van der Waals surface area (Å²) in [4.78, 5) is 4.25. The molecule has 0 aliphatic carbocycles. The van der Waals surface area contributed by atoms with Crippen LogP contribution < -0.4 is 10.6 Å². The molecule has 0 radical (unpaired) electrons. The molecule has 2 aromatic rings. The maximum absolute atomic E-state index is 4.38. The van der Waals surface area contributed by atoms with Gasteiger partial charge >= 0.3 is 0 Å². The van der Waals surface area contributed by atoms with Crippen molar-refractivity contribution in [2.75, 3.05) is 19.4 Å². The third kappa shape index (κ3) is 1.42. The first-order chi connectivity index (χ1) is 6.85. The molecule has 2 N–H and O–H groups in total. The number of rotatable bonds is 3. The van der Waals surface area contributed by atoms with Crippen molar-refractivity contribution in [1.82, 2.24) is 19.9 Å². The number of nitrogens with zero attached hydrogens (tertiary/aromatic N) is 3. The molecular formula is C9H13N5. The fraction of sp³-hybridized carbons (Fsp3) is 0.333. The molecule has 14 heavy (non-hydrogen) atoms. The maximum Gasteiger partial charge on any atom is 0.153 e. The van der Waals surface area contributed by atoms with E-state index >= 15 is 0 Å². The second kappa shape index (κ2) is 3.63. The van der Waals surface area contributed by atoms with Crippen molar-refractivity contribution in [2.45, 2.75) is 6.54 Å². The number of fused-ring (bicyclic) bond motifs is 1. The average molecular weight is 191 g/mol. The van der Waals surface area contributed by atoms with E-state index in [0.717, 1.165) is 23.7 Å². The van der Waals surface area contributed by atoms with Crippen LogP contribution in [0.2, 0.25) is 0 Å². The van der Waals surface area contributed by atoms with Gasteiger partial charge in [-0.3, -0.25) is 0 Å². The Morgan fingerprint density at radius 1 is 1.36 bits per heavy atom. The predicted octanol–water partition coefficient (Wildman–Crippen LogP) is 0.490. The Kier molecular flexibility index (Phi) is 2.32. The summed E-state index contributed by atoms with van der Waals surface area (Å²) in [6.07, 6.45) is 1.83. The van der Waals surface area contributed by atoms with Gasteiger partial charge < -0.3 is 10.6 Å². The van der Waals surface area contributed by atoms with Crippen molar-refractivity contribution in [3.8, 4) is 0 Å². The number of nitrogens with one attached hydrogen (secondary N) is 2. The van der Waals surface area contributed by atoms with Crippen molar-refractivity contribution in [1.29, 1.82) is 0 Å². The molecule has 0 saturated carbocycles. The first kappa shape index (κ1) is 8.96. The van der Waals surface area contributed by atoms with Crippen molar-refractivity contribution in [2.24, 2.45) is 0 Å². The van der Waals surface area contributed by atoms with E-state index in [1.165, 1.54) is 0 Å². The lowest BCUT2D eigenvalue weighted by Gasteiger charge is -2.02. The van der Waals surface area contributed by atoms with Gasteiger partial charge in [0.1, 0.15) is 5.82 Å². The van der Waals surface area contributed by atoms with Crippen molar-refractivity contribution < 1.29 is 0 Å². The van der Waals surface area contributed by atoms with Crippen LogP contribution in [0.5, 0.6) is 0 Å². The lowest BCUT2D eigenvalue weighted by atomic mass is 10.4. The Labute approximate surface area is 82.2 Å². The SMILES string of the molecule is CNCc1cnc2ccc(NC)nn12. The van der Waals surface area contributed by atoms with Gasteiger partial charge in [0.05, 0.1) is 11.9 Å². The molecule has 5 heteroatoms. The van der Waals surface area contributed by atoms with Crippen LogP contribution in [0, 0.1) is 0 Å². The number of anilines is 1. The summed E-state index contributed by atoms with van der Waals surface area (Å²) in [6, 6.07) is 3.85. The Balaban J connectivity index is 2.52. The molecular weight excluding hydrogens is 178 g/mol. The Bertz CT molecular complexity index is 434. The molecule has 0 aliphatic heterocycles. The Morgan fingerprint density at radius 3 is 2.93 bits per heavy atom. The van der Waals surface area contributed by atoms with Gasteiger partial charge in [-0.25, -0.2) is 9.50 Å². The zero-order valence-corrected chi connectivity index (χ0v) is 8.28. The number of aromatic nitrogens is 3. The van der Waals surface area contributed by atoms with E-state index in [-0.39, 0.29) is 0 Å². The van der Waals surface area contributed by atoms with Gasteiger partial charge in [-0.1, -0.05) is 0 Å². The minimum Gasteiger partial charge on any atom is -0.372 e. The summed E-state index contributed by atoms with van der Waals surface area (Å²) in [6.45, 7) is 0.765. The summed E-state index contributed by atoms with van der Waals surface area (Å²) in [5, 5.41) is 10.5. The topological polar surface area (TPSA) is 54.2 Å². The van der Waals surface area contributed by atoms with Crippen LogP contribution in [-0.2, 0) is 6.54 Å². The molecule has 0 aromatic carbocycles. The maximum atomic E-state index is 4.38. The lowest BCUT2D eigenvalue weighted by molar-refractivity contribution is 0.750. The molecule has 0 fully saturated rings. The highest BCUT2D eigenvalue weighted by Crippen LogP contribution is 2.08. The summed E-state index contributed by atoms with van der Waals surface area (Å²) < 4.78 is 1.84. The molecule has 2 aromatic heterocycles. The van der Waals surface area contributed by atoms with Crippen molar-refractivity contribution in [3.05, 3.63) is 24.0 Å². The Morgan fingerprint density at radius 2 is 2.21 bits per heavy atom. The van der Waals surface area contributed by atoms with Gasteiger partial charge in [0.2, 0.25) is 0 Å². The summed E-state index contributed by atoms with van der Waals surface area (Å²) in [5.74, 6) is 0.841. The quantitative estimate of drug-likeness (QED) is 0.741. The minimum absolute atomic E-state index is 0.765. The van der Waals surface area contributed by atoms with Gasteiger partial charge in [-0.15, -0.1) is 5.10 Å². The van der Waals surface area contributed by atoms with E-state index in [4.69, 9.17) is 0 Å². The predicted molar refractivity (Wildman–Crippen MR) is 55.3 cm³/mol. The minimum atomic E-state index is 0.765. The number of imidazole rings is 1. The van der Waals surface area contributed by atoms with Gasteiger partial charge in [0.25, 0.3) is 0 Å². The fourth-order valence-corrected chi connectivity index (χ4v) is 1.36. The lowest BCUT2D eigenvalue weighted by Crippen LogP contribution is -2.09. The normalized spacial score (nSPS) is 10.7. The molecule has 5 nitrogen and oxygen atoms in total. The zero-order chi connectivity index (χ0) is 9.97. The van der Waals surface area contributed by atoms with E-state index in [2.05, 4.69) is 20.7 Å². The molecule has 0 aliphatic rings. The van der Waals surface area contributed by atoms with Crippen LogP contribution in [0.15, 0.2) is 18.3 Å². The highest BCUT2D eigenvalue weighted by Gasteiger charge is 2.03. The summed E-state index contributed by atoms with van der Waals surface area (Å²) in [5.41, 5.74) is 1.92. The smallest absolute Gasteiger partial charge is 0.153 e. The van der Waals surface area contributed by atoms with E-state index in [1.54, 1.807) is 0 Å². The van der Waals surface area contributed by atoms with E-state index in [9.17, 15) is 0 Å². The van der Waals surface area contributed by atoms with Crippen LogP contribution in [-0.4, -0.2) is 28.7 Å². The summed E-state index contributed by atoms with van der Waals surface area (Å²) >= 11 is 0. The monoisotopic (exact) mass is 191 g/mol. The van der Waals surface area contributed by atoms with E-state index in [1.807, 2.05) is 36.9 Å². The first-order valence-electron chi connectivity index (χ1n) is 4.51. The number of hydrogen-bond donors (Lipinski definition) is 2. The van der Waals surface area contributed by atoms with Gasteiger partial charge in [-0.05, 0) is 19.2 Å². The van der Waals surface area contributed by atoms with E-state index in [0.29, 0.717) is 0 Å². The molecule has 0 amide bonds. The summed E-state index contributed by atoms with van der Waals surface area (Å²) in [7, 11) is 3.75. The second-order valence-electron chi connectivity index (χ2n) is 3.02. The van der Waals surface area contributed by atoms with Crippen molar-refractivity contribution >= 4 is 11.5 Å². The van der Waals surface area contributed by atoms with Crippen LogP contribution in [0.25, 0.3) is 5.65 Å². The van der Waals surface area contributed by atoms with Crippen molar-refractivity contribution in [3.63, 3.8) is 0 Å². The molecule has 2 heterocycles. The standard InChI is InChI=1S/C9H13N5/c1-10-5-7-6-12-9-4-3-8(11-2)13-14(7)9/h3-4,6,10H,5H2,1-2H3,(H,11,13). The third-order valence-corrected chi connectivity index (χ3v) is 2.05. The number of hydrogen-bond acceptors (Lipinski definition) is 4. The molecule has 0 bridgehead atoms. The molecule has 0 spiro atoms. The van der Waals surface area contributed by atoms with Gasteiger partial charge in [0, 0.05) is 13.6 Å². The van der Waals surface area contributed by atoms with Crippen LogP contribution in [0.1, 0.15) is 5.69 Å². The molecule has 74 valence electrons. The average Bonchev–Trinajstić information content (AvgIpc) is 2.61. The highest BCUT2D eigenvalue weighted by molar-refractivity contribution is 5.44. The molecule has 2 rings (SSSR count).